The van der Waals surface area contributed by atoms with Crippen molar-refractivity contribution >= 4 is 17.0 Å². The number of nitrogens with zero attached hydrogens (tertiary/aromatic N) is 4. The van der Waals surface area contributed by atoms with Crippen molar-refractivity contribution in [2.75, 3.05) is 7.05 Å². The van der Waals surface area contributed by atoms with Gasteiger partial charge in [0.15, 0.2) is 12.2 Å². The molecule has 0 spiro atoms. The fourth-order valence-corrected chi connectivity index (χ4v) is 2.62. The standard InChI is InChI=1S/C15H15N5OS/c1-16-6-13-9-22-15(19-13)8-18-20-12-4-2-11(3-5-12)14-7-17-10-21-14/h2-5,7,9-10,16H,6,8H2,1H3. The first-order valence-corrected chi connectivity index (χ1v) is 7.67. The van der Waals surface area contributed by atoms with Crippen molar-refractivity contribution in [1.82, 2.24) is 15.3 Å². The molecule has 0 saturated carbocycles. The molecule has 22 heavy (non-hydrogen) atoms. The van der Waals surface area contributed by atoms with Crippen molar-refractivity contribution in [3.05, 3.63) is 52.9 Å². The SMILES string of the molecule is CNCc1csc(CN=Nc2ccc(-c3cnco3)cc2)n1. The van der Waals surface area contributed by atoms with Crippen LogP contribution in [0.5, 0.6) is 0 Å². The highest BCUT2D eigenvalue weighted by atomic mass is 32.1. The van der Waals surface area contributed by atoms with E-state index in [0.717, 1.165) is 34.3 Å². The van der Waals surface area contributed by atoms with Gasteiger partial charge in [0.1, 0.15) is 11.6 Å². The van der Waals surface area contributed by atoms with Gasteiger partial charge in [-0.2, -0.15) is 10.2 Å². The summed E-state index contributed by atoms with van der Waals surface area (Å²) < 4.78 is 5.24. The molecule has 7 heteroatoms. The van der Waals surface area contributed by atoms with E-state index in [9.17, 15) is 0 Å². The number of aromatic nitrogens is 2. The molecule has 0 amide bonds. The molecule has 112 valence electrons. The Kier molecular flexibility index (Phi) is 4.67. The number of hydrogen-bond acceptors (Lipinski definition) is 7. The highest BCUT2D eigenvalue weighted by Crippen LogP contribution is 2.22. The molecule has 1 aromatic carbocycles. The van der Waals surface area contributed by atoms with Crippen LogP contribution >= 0.6 is 11.3 Å². The Labute approximate surface area is 132 Å². The first-order valence-electron chi connectivity index (χ1n) is 6.79. The molecule has 1 N–H and O–H groups in total. The fraction of sp³-hybridized carbons (Fsp3) is 0.200. The van der Waals surface area contributed by atoms with Gasteiger partial charge in [-0.3, -0.25) is 0 Å². The van der Waals surface area contributed by atoms with Crippen LogP contribution in [0.2, 0.25) is 0 Å². The third-order valence-electron chi connectivity index (χ3n) is 2.93. The molecular weight excluding hydrogens is 298 g/mol. The molecule has 2 aromatic heterocycles. The molecule has 0 bridgehead atoms. The van der Waals surface area contributed by atoms with Gasteiger partial charge in [0, 0.05) is 17.5 Å². The molecule has 3 rings (SSSR count). The van der Waals surface area contributed by atoms with Gasteiger partial charge >= 0.3 is 0 Å². The van der Waals surface area contributed by atoms with E-state index in [2.05, 4.69) is 25.5 Å². The quantitative estimate of drug-likeness (QED) is 0.702. The van der Waals surface area contributed by atoms with Gasteiger partial charge in [0.2, 0.25) is 0 Å². The Morgan fingerprint density at radius 2 is 2.14 bits per heavy atom. The van der Waals surface area contributed by atoms with Crippen molar-refractivity contribution in [2.24, 2.45) is 10.2 Å². The van der Waals surface area contributed by atoms with E-state index in [-0.39, 0.29) is 0 Å². The first-order chi connectivity index (χ1) is 10.8. The van der Waals surface area contributed by atoms with Crippen molar-refractivity contribution < 1.29 is 4.42 Å². The molecule has 0 radical (unpaired) electrons. The topological polar surface area (TPSA) is 75.7 Å². The smallest absolute Gasteiger partial charge is 0.181 e. The third-order valence-corrected chi connectivity index (χ3v) is 3.82. The first kappa shape index (κ1) is 14.6. The van der Waals surface area contributed by atoms with E-state index in [0.29, 0.717) is 6.54 Å². The third kappa shape index (κ3) is 3.63. The van der Waals surface area contributed by atoms with Crippen LogP contribution in [0.25, 0.3) is 11.3 Å². The average molecular weight is 313 g/mol. The monoisotopic (exact) mass is 313 g/mol. The van der Waals surface area contributed by atoms with E-state index in [1.165, 1.54) is 6.39 Å². The Bertz CT molecular complexity index is 734. The maximum atomic E-state index is 5.24. The van der Waals surface area contributed by atoms with Gasteiger partial charge in [-0.15, -0.1) is 11.3 Å². The number of thiazole rings is 1. The predicted octanol–water partition coefficient (Wildman–Crippen LogP) is 3.80. The summed E-state index contributed by atoms with van der Waals surface area (Å²) in [5.41, 5.74) is 2.80. The highest BCUT2D eigenvalue weighted by molar-refractivity contribution is 7.09. The zero-order valence-electron chi connectivity index (χ0n) is 12.1. The van der Waals surface area contributed by atoms with Crippen LogP contribution in [-0.2, 0) is 13.1 Å². The number of nitrogens with one attached hydrogen (secondary N) is 1. The second-order valence-corrected chi connectivity index (χ2v) is 5.52. The molecule has 0 unspecified atom stereocenters. The van der Waals surface area contributed by atoms with Crippen LogP contribution in [-0.4, -0.2) is 17.0 Å². The second kappa shape index (κ2) is 7.06. The van der Waals surface area contributed by atoms with E-state index in [1.54, 1.807) is 17.5 Å². The lowest BCUT2D eigenvalue weighted by Gasteiger charge is -1.96. The number of oxazole rings is 1. The largest absolute Gasteiger partial charge is 0.444 e. The van der Waals surface area contributed by atoms with Crippen LogP contribution < -0.4 is 5.32 Å². The molecule has 6 nitrogen and oxygen atoms in total. The molecule has 0 fully saturated rings. The summed E-state index contributed by atoms with van der Waals surface area (Å²) in [5, 5.41) is 14.5. The van der Waals surface area contributed by atoms with Crippen LogP contribution in [0.4, 0.5) is 5.69 Å². The highest BCUT2D eigenvalue weighted by Gasteiger charge is 2.02. The zero-order valence-corrected chi connectivity index (χ0v) is 12.9. The van der Waals surface area contributed by atoms with Crippen LogP contribution in [0.15, 0.2) is 56.9 Å². The molecule has 2 heterocycles. The average Bonchev–Trinajstić information content (AvgIpc) is 3.20. The molecule has 0 aliphatic heterocycles. The fourth-order valence-electron chi connectivity index (χ4n) is 1.91. The molecule has 0 saturated heterocycles. The minimum absolute atomic E-state index is 0.498. The Morgan fingerprint density at radius 1 is 1.27 bits per heavy atom. The zero-order chi connectivity index (χ0) is 15.2. The lowest BCUT2D eigenvalue weighted by molar-refractivity contribution is 0.572. The summed E-state index contributed by atoms with van der Waals surface area (Å²) >= 11 is 1.60. The Morgan fingerprint density at radius 3 is 2.86 bits per heavy atom. The Hall–Kier alpha value is -2.38. The maximum absolute atomic E-state index is 5.24. The molecule has 3 aromatic rings. The maximum Gasteiger partial charge on any atom is 0.181 e. The van der Waals surface area contributed by atoms with Gasteiger partial charge in [-0.1, -0.05) is 0 Å². The van der Waals surface area contributed by atoms with Crippen molar-refractivity contribution in [3.63, 3.8) is 0 Å². The van der Waals surface area contributed by atoms with Crippen LogP contribution in [0.3, 0.4) is 0 Å². The summed E-state index contributed by atoms with van der Waals surface area (Å²) in [4.78, 5) is 8.36. The van der Waals surface area contributed by atoms with Gasteiger partial charge in [-0.25, -0.2) is 9.97 Å². The van der Waals surface area contributed by atoms with Gasteiger partial charge in [0.05, 0.1) is 17.6 Å². The minimum atomic E-state index is 0.498. The number of azo groups is 1. The molecule has 0 aliphatic carbocycles. The lowest BCUT2D eigenvalue weighted by Crippen LogP contribution is -2.05. The summed E-state index contributed by atoms with van der Waals surface area (Å²) in [6.45, 7) is 1.27. The van der Waals surface area contributed by atoms with E-state index in [1.807, 2.05) is 36.7 Å². The van der Waals surface area contributed by atoms with Crippen molar-refractivity contribution in [3.8, 4) is 11.3 Å². The van der Waals surface area contributed by atoms with Gasteiger partial charge < -0.3 is 9.73 Å². The predicted molar refractivity (Wildman–Crippen MR) is 85.0 cm³/mol. The number of rotatable bonds is 6. The summed E-state index contributed by atoms with van der Waals surface area (Å²) in [5.74, 6) is 0.739. The minimum Gasteiger partial charge on any atom is -0.444 e. The van der Waals surface area contributed by atoms with Gasteiger partial charge in [-0.05, 0) is 31.3 Å². The van der Waals surface area contributed by atoms with Crippen LogP contribution in [0, 0.1) is 0 Å². The van der Waals surface area contributed by atoms with Crippen molar-refractivity contribution in [2.45, 2.75) is 13.1 Å². The lowest BCUT2D eigenvalue weighted by atomic mass is 10.2. The Balaban J connectivity index is 1.60. The van der Waals surface area contributed by atoms with Crippen LogP contribution in [0.1, 0.15) is 10.7 Å². The summed E-state index contributed by atoms with van der Waals surface area (Å²) in [6, 6.07) is 7.66. The summed E-state index contributed by atoms with van der Waals surface area (Å²) in [7, 11) is 1.90. The molecular formula is C15H15N5OS. The molecule has 0 aliphatic rings. The second-order valence-electron chi connectivity index (χ2n) is 4.58. The number of hydrogen-bond donors (Lipinski definition) is 1. The van der Waals surface area contributed by atoms with E-state index < -0.39 is 0 Å². The molecule has 0 atom stereocenters. The van der Waals surface area contributed by atoms with E-state index >= 15 is 0 Å². The van der Waals surface area contributed by atoms with E-state index in [4.69, 9.17) is 4.42 Å². The summed E-state index contributed by atoms with van der Waals surface area (Å²) in [6.07, 6.45) is 3.10. The number of benzene rings is 1. The van der Waals surface area contributed by atoms with Gasteiger partial charge in [0.25, 0.3) is 0 Å². The van der Waals surface area contributed by atoms with Crippen molar-refractivity contribution in [1.29, 1.82) is 0 Å². The normalized spacial score (nSPS) is 11.3.